The van der Waals surface area contributed by atoms with Gasteiger partial charge in [-0.15, -0.1) is 10.2 Å². The Labute approximate surface area is 104 Å². The second-order valence-electron chi connectivity index (χ2n) is 4.21. The number of aryl methyl sites for hydroxylation is 2. The highest BCUT2D eigenvalue weighted by Crippen LogP contribution is 2.24. The van der Waals surface area contributed by atoms with Gasteiger partial charge in [-0.1, -0.05) is 6.07 Å². The third-order valence-corrected chi connectivity index (χ3v) is 2.81. The number of benzene rings is 1. The molecule has 1 aromatic carbocycles. The van der Waals surface area contributed by atoms with Crippen LogP contribution in [0.2, 0.25) is 0 Å². The van der Waals surface area contributed by atoms with E-state index in [-0.39, 0.29) is 0 Å². The minimum atomic E-state index is 0.454. The molecule has 5 nitrogen and oxygen atoms in total. The van der Waals surface area contributed by atoms with Crippen LogP contribution in [0.5, 0.6) is 0 Å². The van der Waals surface area contributed by atoms with Crippen LogP contribution < -0.4 is 5.73 Å². The Bertz CT molecular complexity index is 733. The zero-order chi connectivity index (χ0) is 12.7. The quantitative estimate of drug-likeness (QED) is 0.707. The van der Waals surface area contributed by atoms with E-state index in [1.165, 1.54) is 0 Å². The summed E-state index contributed by atoms with van der Waals surface area (Å²) in [7, 11) is 0. The summed E-state index contributed by atoms with van der Waals surface area (Å²) in [4.78, 5) is 4.26. The van der Waals surface area contributed by atoms with E-state index in [4.69, 9.17) is 10.2 Å². The molecular formula is C13H12N4O. The maximum atomic E-state index is 5.66. The van der Waals surface area contributed by atoms with Gasteiger partial charge in [0.1, 0.15) is 11.3 Å². The molecule has 0 aliphatic rings. The summed E-state index contributed by atoms with van der Waals surface area (Å²) in [5.41, 5.74) is 9.88. The molecular weight excluding hydrogens is 228 g/mol. The first-order valence-corrected chi connectivity index (χ1v) is 5.61. The number of rotatable bonds is 1. The van der Waals surface area contributed by atoms with Crippen LogP contribution in [0.25, 0.3) is 22.4 Å². The first-order chi connectivity index (χ1) is 8.63. The zero-order valence-electron chi connectivity index (χ0n) is 10.1. The number of anilines is 1. The summed E-state index contributed by atoms with van der Waals surface area (Å²) in [5.74, 6) is 1.11. The molecule has 5 heteroatoms. The fourth-order valence-corrected chi connectivity index (χ4v) is 1.83. The molecule has 0 fully saturated rings. The number of nitrogens with zero attached hydrogens (tertiary/aromatic N) is 3. The van der Waals surface area contributed by atoms with Crippen molar-refractivity contribution in [1.29, 1.82) is 0 Å². The number of oxazole rings is 1. The van der Waals surface area contributed by atoms with Gasteiger partial charge >= 0.3 is 0 Å². The van der Waals surface area contributed by atoms with Crippen LogP contribution in [0.1, 0.15) is 11.5 Å². The normalized spacial score (nSPS) is 11.0. The lowest BCUT2D eigenvalue weighted by atomic mass is 10.1. The average molecular weight is 240 g/mol. The van der Waals surface area contributed by atoms with Crippen LogP contribution >= 0.6 is 0 Å². The smallest absolute Gasteiger partial charge is 0.192 e. The van der Waals surface area contributed by atoms with Gasteiger partial charge < -0.3 is 10.2 Å². The highest BCUT2D eigenvalue weighted by atomic mass is 16.3. The van der Waals surface area contributed by atoms with E-state index in [1.54, 1.807) is 0 Å². The SMILES string of the molecule is Cc1nc2ccc(-c3cc(C)c(N)nn3)cc2o1. The van der Waals surface area contributed by atoms with Gasteiger partial charge in [-0.05, 0) is 30.7 Å². The van der Waals surface area contributed by atoms with Gasteiger partial charge in [-0.25, -0.2) is 4.98 Å². The van der Waals surface area contributed by atoms with Crippen molar-refractivity contribution in [3.8, 4) is 11.3 Å². The van der Waals surface area contributed by atoms with E-state index in [0.717, 1.165) is 27.9 Å². The number of hydrogen-bond donors (Lipinski definition) is 1. The predicted molar refractivity (Wildman–Crippen MR) is 68.9 cm³/mol. The molecule has 3 rings (SSSR count). The van der Waals surface area contributed by atoms with Crippen molar-refractivity contribution in [3.05, 3.63) is 35.7 Å². The van der Waals surface area contributed by atoms with E-state index in [0.29, 0.717) is 11.7 Å². The topological polar surface area (TPSA) is 77.8 Å². The molecule has 2 aromatic heterocycles. The van der Waals surface area contributed by atoms with Crippen LogP contribution in [0.15, 0.2) is 28.7 Å². The van der Waals surface area contributed by atoms with Crippen LogP contribution in [-0.4, -0.2) is 15.2 Å². The second-order valence-corrected chi connectivity index (χ2v) is 4.21. The van der Waals surface area contributed by atoms with Gasteiger partial charge in [0.2, 0.25) is 0 Å². The van der Waals surface area contributed by atoms with E-state index in [1.807, 2.05) is 38.1 Å². The minimum absolute atomic E-state index is 0.454. The first-order valence-electron chi connectivity index (χ1n) is 5.61. The van der Waals surface area contributed by atoms with Crippen molar-refractivity contribution < 1.29 is 4.42 Å². The molecule has 90 valence electrons. The molecule has 0 unspecified atom stereocenters. The Morgan fingerprint density at radius 1 is 1.11 bits per heavy atom. The zero-order valence-corrected chi connectivity index (χ0v) is 10.1. The van der Waals surface area contributed by atoms with Crippen LogP contribution in [-0.2, 0) is 0 Å². The van der Waals surface area contributed by atoms with Gasteiger partial charge in [-0.3, -0.25) is 0 Å². The Hall–Kier alpha value is -2.43. The summed E-state index contributed by atoms with van der Waals surface area (Å²) in [6.45, 7) is 3.73. The molecule has 0 aliphatic carbocycles. The summed E-state index contributed by atoms with van der Waals surface area (Å²) in [5, 5.41) is 8.01. The number of fused-ring (bicyclic) bond motifs is 1. The lowest BCUT2D eigenvalue weighted by molar-refractivity contribution is 0.561. The maximum Gasteiger partial charge on any atom is 0.192 e. The van der Waals surface area contributed by atoms with E-state index in [2.05, 4.69) is 15.2 Å². The Kier molecular flexibility index (Phi) is 2.26. The van der Waals surface area contributed by atoms with Crippen LogP contribution in [0, 0.1) is 13.8 Å². The summed E-state index contributed by atoms with van der Waals surface area (Å²) >= 11 is 0. The minimum Gasteiger partial charge on any atom is -0.441 e. The Balaban J connectivity index is 2.15. The second kappa shape index (κ2) is 3.80. The highest BCUT2D eigenvalue weighted by Gasteiger charge is 2.07. The Morgan fingerprint density at radius 3 is 2.72 bits per heavy atom. The molecule has 3 aromatic rings. The van der Waals surface area contributed by atoms with Crippen molar-refractivity contribution >= 4 is 16.9 Å². The van der Waals surface area contributed by atoms with Crippen molar-refractivity contribution in [2.75, 3.05) is 5.73 Å². The summed E-state index contributed by atoms with van der Waals surface area (Å²) in [6.07, 6.45) is 0. The molecule has 18 heavy (non-hydrogen) atoms. The third kappa shape index (κ3) is 1.69. The van der Waals surface area contributed by atoms with Gasteiger partial charge in [0.05, 0.1) is 5.69 Å². The molecule has 0 bridgehead atoms. The molecule has 2 heterocycles. The van der Waals surface area contributed by atoms with Crippen LogP contribution in [0.3, 0.4) is 0 Å². The Morgan fingerprint density at radius 2 is 1.94 bits per heavy atom. The molecule has 0 amide bonds. The van der Waals surface area contributed by atoms with Gasteiger partial charge in [0.15, 0.2) is 11.5 Å². The molecule has 0 aliphatic heterocycles. The standard InChI is InChI=1S/C13H12N4O/c1-7-5-11(16-17-13(7)14)9-3-4-10-12(6-9)18-8(2)15-10/h3-6H,1-2H3,(H2,14,17). The number of nitrogen functional groups attached to an aromatic ring is 1. The average Bonchev–Trinajstić information content (AvgIpc) is 2.71. The molecule has 0 saturated heterocycles. The van der Waals surface area contributed by atoms with Gasteiger partial charge in [-0.2, -0.15) is 0 Å². The van der Waals surface area contributed by atoms with Crippen molar-refractivity contribution in [2.45, 2.75) is 13.8 Å². The first kappa shape index (κ1) is 10.7. The summed E-state index contributed by atoms with van der Waals surface area (Å²) in [6, 6.07) is 7.68. The van der Waals surface area contributed by atoms with Gasteiger partial charge in [0, 0.05) is 12.5 Å². The van der Waals surface area contributed by atoms with Gasteiger partial charge in [0.25, 0.3) is 0 Å². The van der Waals surface area contributed by atoms with Crippen LogP contribution in [0.4, 0.5) is 5.82 Å². The molecule has 0 atom stereocenters. The fraction of sp³-hybridized carbons (Fsp3) is 0.154. The largest absolute Gasteiger partial charge is 0.441 e. The maximum absolute atomic E-state index is 5.66. The lowest BCUT2D eigenvalue weighted by Crippen LogP contribution is -1.97. The third-order valence-electron chi connectivity index (χ3n) is 2.81. The molecule has 0 saturated carbocycles. The highest BCUT2D eigenvalue weighted by molar-refractivity contribution is 5.79. The molecule has 0 radical (unpaired) electrons. The predicted octanol–water partition coefficient (Wildman–Crippen LogP) is 2.48. The number of nitrogens with two attached hydrogens (primary N) is 1. The van der Waals surface area contributed by atoms with Crippen molar-refractivity contribution in [3.63, 3.8) is 0 Å². The van der Waals surface area contributed by atoms with E-state index >= 15 is 0 Å². The lowest BCUT2D eigenvalue weighted by Gasteiger charge is -2.02. The number of aromatic nitrogens is 3. The fourth-order valence-electron chi connectivity index (χ4n) is 1.83. The van der Waals surface area contributed by atoms with E-state index in [9.17, 15) is 0 Å². The van der Waals surface area contributed by atoms with Crippen molar-refractivity contribution in [1.82, 2.24) is 15.2 Å². The monoisotopic (exact) mass is 240 g/mol. The molecule has 0 spiro atoms. The van der Waals surface area contributed by atoms with Crippen molar-refractivity contribution in [2.24, 2.45) is 0 Å². The summed E-state index contributed by atoms with van der Waals surface area (Å²) < 4.78 is 5.50. The number of hydrogen-bond acceptors (Lipinski definition) is 5. The van der Waals surface area contributed by atoms with E-state index < -0.39 is 0 Å². The molecule has 2 N–H and O–H groups in total.